The standard InChI is InChI=1S/C19H23N3O2/c1-24-14-19(18(20)23)9-5-11-22(19)13-15-6-4-7-16(12-15)17-8-2-3-10-21-17/h2-4,6-8,10,12H,5,9,11,13-14H2,1H3,(H2,20,23). The summed E-state index contributed by atoms with van der Waals surface area (Å²) in [5, 5.41) is 0. The zero-order chi connectivity index (χ0) is 17.0. The SMILES string of the molecule is COCC1(C(N)=O)CCCN1Cc1cccc(-c2ccccn2)c1. The van der Waals surface area contributed by atoms with Gasteiger partial charge in [0, 0.05) is 25.4 Å². The second-order valence-corrected chi connectivity index (χ2v) is 6.27. The fourth-order valence-electron chi connectivity index (χ4n) is 3.50. The molecule has 0 bridgehead atoms. The zero-order valence-electron chi connectivity index (χ0n) is 13.9. The predicted octanol–water partition coefficient (Wildman–Crippen LogP) is 2.21. The van der Waals surface area contributed by atoms with Crippen LogP contribution in [0.5, 0.6) is 0 Å². The highest BCUT2D eigenvalue weighted by Gasteiger charge is 2.46. The first-order chi connectivity index (χ1) is 11.7. The largest absolute Gasteiger partial charge is 0.382 e. The van der Waals surface area contributed by atoms with Crippen molar-refractivity contribution in [3.05, 3.63) is 54.2 Å². The fourth-order valence-corrected chi connectivity index (χ4v) is 3.50. The lowest BCUT2D eigenvalue weighted by atomic mass is 9.95. The molecule has 1 aromatic carbocycles. The van der Waals surface area contributed by atoms with Gasteiger partial charge in [0.2, 0.25) is 5.91 Å². The summed E-state index contributed by atoms with van der Waals surface area (Å²) in [5.41, 5.74) is 8.17. The van der Waals surface area contributed by atoms with Crippen molar-refractivity contribution in [1.29, 1.82) is 0 Å². The Bertz CT molecular complexity index is 705. The summed E-state index contributed by atoms with van der Waals surface area (Å²) in [5.74, 6) is -0.303. The highest BCUT2D eigenvalue weighted by atomic mass is 16.5. The van der Waals surface area contributed by atoms with Gasteiger partial charge in [0.05, 0.1) is 12.3 Å². The number of carbonyl (C=O) groups excluding carboxylic acids is 1. The molecule has 0 saturated carbocycles. The molecule has 1 aromatic heterocycles. The molecule has 24 heavy (non-hydrogen) atoms. The van der Waals surface area contributed by atoms with Gasteiger partial charge in [0.25, 0.3) is 0 Å². The third-order valence-corrected chi connectivity index (χ3v) is 4.73. The van der Waals surface area contributed by atoms with Gasteiger partial charge in [-0.1, -0.05) is 24.3 Å². The van der Waals surface area contributed by atoms with Crippen LogP contribution in [-0.2, 0) is 16.1 Å². The molecule has 0 aliphatic carbocycles. The molecule has 0 radical (unpaired) electrons. The molecule has 5 nitrogen and oxygen atoms in total. The van der Waals surface area contributed by atoms with Crippen molar-refractivity contribution in [2.45, 2.75) is 24.9 Å². The fraction of sp³-hybridized carbons (Fsp3) is 0.368. The average molecular weight is 325 g/mol. The molecule has 1 unspecified atom stereocenters. The number of primary amides is 1. The third kappa shape index (κ3) is 3.18. The van der Waals surface area contributed by atoms with Gasteiger partial charge in [-0.25, -0.2) is 0 Å². The van der Waals surface area contributed by atoms with Crippen LogP contribution in [0.4, 0.5) is 0 Å². The lowest BCUT2D eigenvalue weighted by Gasteiger charge is -2.35. The minimum Gasteiger partial charge on any atom is -0.382 e. The minimum absolute atomic E-state index is 0.303. The molecule has 2 heterocycles. The maximum Gasteiger partial charge on any atom is 0.240 e. The number of nitrogens with zero attached hydrogens (tertiary/aromatic N) is 2. The van der Waals surface area contributed by atoms with Gasteiger partial charge in [-0.3, -0.25) is 14.7 Å². The van der Waals surface area contributed by atoms with E-state index in [1.807, 2.05) is 30.3 Å². The average Bonchev–Trinajstić information content (AvgIpc) is 3.00. The number of pyridine rings is 1. The van der Waals surface area contributed by atoms with E-state index in [9.17, 15) is 4.79 Å². The molecule has 1 amide bonds. The van der Waals surface area contributed by atoms with Gasteiger partial charge >= 0.3 is 0 Å². The minimum atomic E-state index is -0.699. The summed E-state index contributed by atoms with van der Waals surface area (Å²) >= 11 is 0. The molecule has 1 aliphatic rings. The number of hydrogen-bond donors (Lipinski definition) is 1. The van der Waals surface area contributed by atoms with Gasteiger partial charge in [-0.2, -0.15) is 0 Å². The number of methoxy groups -OCH3 is 1. The van der Waals surface area contributed by atoms with Crippen LogP contribution in [0.25, 0.3) is 11.3 Å². The van der Waals surface area contributed by atoms with E-state index in [1.54, 1.807) is 13.3 Å². The first-order valence-corrected chi connectivity index (χ1v) is 8.20. The Hall–Kier alpha value is -2.24. The van der Waals surface area contributed by atoms with Crippen LogP contribution in [0.1, 0.15) is 18.4 Å². The Labute approximate surface area is 142 Å². The number of likely N-dealkylation sites (tertiary alicyclic amines) is 1. The lowest BCUT2D eigenvalue weighted by molar-refractivity contribution is -0.132. The molecule has 2 N–H and O–H groups in total. The smallest absolute Gasteiger partial charge is 0.240 e. The molecule has 1 saturated heterocycles. The van der Waals surface area contributed by atoms with E-state index in [0.29, 0.717) is 13.2 Å². The number of ether oxygens (including phenoxy) is 1. The summed E-state index contributed by atoms with van der Waals surface area (Å²) < 4.78 is 5.30. The highest BCUT2D eigenvalue weighted by molar-refractivity contribution is 5.85. The summed E-state index contributed by atoms with van der Waals surface area (Å²) in [4.78, 5) is 18.6. The van der Waals surface area contributed by atoms with Gasteiger partial charge in [0.15, 0.2) is 0 Å². The highest BCUT2D eigenvalue weighted by Crippen LogP contribution is 2.31. The Morgan fingerprint density at radius 2 is 2.21 bits per heavy atom. The van der Waals surface area contributed by atoms with Crippen LogP contribution in [0.2, 0.25) is 0 Å². The van der Waals surface area contributed by atoms with Crippen molar-refractivity contribution < 1.29 is 9.53 Å². The molecular weight excluding hydrogens is 302 g/mol. The molecule has 0 spiro atoms. The van der Waals surface area contributed by atoms with E-state index in [2.05, 4.69) is 22.0 Å². The first kappa shape index (κ1) is 16.6. The maximum atomic E-state index is 12.1. The lowest BCUT2D eigenvalue weighted by Crippen LogP contribution is -2.56. The van der Waals surface area contributed by atoms with E-state index in [-0.39, 0.29) is 5.91 Å². The van der Waals surface area contributed by atoms with Crippen LogP contribution >= 0.6 is 0 Å². The Morgan fingerprint density at radius 1 is 1.33 bits per heavy atom. The van der Waals surface area contributed by atoms with Crippen molar-refractivity contribution in [2.75, 3.05) is 20.3 Å². The van der Waals surface area contributed by atoms with E-state index in [1.165, 1.54) is 0 Å². The van der Waals surface area contributed by atoms with E-state index >= 15 is 0 Å². The quantitative estimate of drug-likeness (QED) is 0.884. The number of nitrogens with two attached hydrogens (primary N) is 1. The molecule has 2 aromatic rings. The van der Waals surface area contributed by atoms with E-state index < -0.39 is 5.54 Å². The zero-order valence-corrected chi connectivity index (χ0v) is 13.9. The number of aromatic nitrogens is 1. The summed E-state index contributed by atoms with van der Waals surface area (Å²) in [6.07, 6.45) is 3.49. The second kappa shape index (κ2) is 7.11. The van der Waals surface area contributed by atoms with Gasteiger partial charge < -0.3 is 10.5 Å². The van der Waals surface area contributed by atoms with Crippen molar-refractivity contribution in [1.82, 2.24) is 9.88 Å². The number of carbonyl (C=O) groups is 1. The number of amides is 1. The predicted molar refractivity (Wildman–Crippen MR) is 93.1 cm³/mol. The summed E-state index contributed by atoms with van der Waals surface area (Å²) in [7, 11) is 1.61. The summed E-state index contributed by atoms with van der Waals surface area (Å²) in [6.45, 7) is 1.86. The van der Waals surface area contributed by atoms with Crippen molar-refractivity contribution >= 4 is 5.91 Å². The van der Waals surface area contributed by atoms with Crippen LogP contribution in [0.3, 0.4) is 0 Å². The Morgan fingerprint density at radius 3 is 2.92 bits per heavy atom. The number of benzene rings is 1. The Balaban J connectivity index is 1.84. The molecule has 126 valence electrons. The van der Waals surface area contributed by atoms with Crippen molar-refractivity contribution in [2.24, 2.45) is 5.73 Å². The van der Waals surface area contributed by atoms with Crippen LogP contribution < -0.4 is 5.73 Å². The summed E-state index contributed by atoms with van der Waals surface area (Å²) in [6, 6.07) is 14.1. The number of rotatable bonds is 6. The van der Waals surface area contributed by atoms with Crippen molar-refractivity contribution in [3.8, 4) is 11.3 Å². The first-order valence-electron chi connectivity index (χ1n) is 8.20. The Kier molecular flexibility index (Phi) is 4.92. The maximum absolute atomic E-state index is 12.1. The molecule has 5 heteroatoms. The van der Waals surface area contributed by atoms with Crippen LogP contribution in [0.15, 0.2) is 48.7 Å². The van der Waals surface area contributed by atoms with Gasteiger partial charge in [-0.05, 0) is 43.1 Å². The third-order valence-electron chi connectivity index (χ3n) is 4.73. The van der Waals surface area contributed by atoms with Gasteiger partial charge in [0.1, 0.15) is 5.54 Å². The topological polar surface area (TPSA) is 68.5 Å². The molecule has 1 aliphatic heterocycles. The van der Waals surface area contributed by atoms with Crippen LogP contribution in [0, 0.1) is 0 Å². The molecule has 1 fully saturated rings. The van der Waals surface area contributed by atoms with Crippen molar-refractivity contribution in [3.63, 3.8) is 0 Å². The van der Waals surface area contributed by atoms with Crippen LogP contribution in [-0.4, -0.2) is 41.6 Å². The molecule has 1 atom stereocenters. The molecular formula is C19H23N3O2. The normalized spacial score (nSPS) is 21.0. The second-order valence-electron chi connectivity index (χ2n) is 6.27. The monoisotopic (exact) mass is 325 g/mol. The number of hydrogen-bond acceptors (Lipinski definition) is 4. The van der Waals surface area contributed by atoms with Gasteiger partial charge in [-0.15, -0.1) is 0 Å². The van der Waals surface area contributed by atoms with E-state index in [0.717, 1.165) is 36.2 Å². The molecule has 3 rings (SSSR count). The van der Waals surface area contributed by atoms with E-state index in [4.69, 9.17) is 10.5 Å².